The number of rotatable bonds is 8. The van der Waals surface area contributed by atoms with Crippen LogP contribution in [0.2, 0.25) is 0 Å². The Balaban J connectivity index is 1.11. The van der Waals surface area contributed by atoms with Gasteiger partial charge in [-0.2, -0.15) is 13.2 Å². The second-order valence-electron chi connectivity index (χ2n) is 14.6. The number of carbonyl (C=O) groups excluding carboxylic acids is 1. The van der Waals surface area contributed by atoms with Crippen molar-refractivity contribution in [2.75, 3.05) is 18.0 Å². The Labute approximate surface area is 303 Å². The third-order valence-electron chi connectivity index (χ3n) is 11.0. The molecule has 4 aromatic heterocycles. The number of alkyl halides is 3. The molecule has 2 aliphatic carbocycles. The predicted octanol–water partition coefficient (Wildman–Crippen LogP) is 6.95. The second kappa shape index (κ2) is 13.5. The lowest BCUT2D eigenvalue weighted by Gasteiger charge is -2.33. The Morgan fingerprint density at radius 2 is 1.79 bits per heavy atom. The van der Waals surface area contributed by atoms with Gasteiger partial charge in [-0.3, -0.25) is 9.78 Å². The van der Waals surface area contributed by atoms with Crippen molar-refractivity contribution >= 4 is 28.7 Å². The van der Waals surface area contributed by atoms with Gasteiger partial charge in [-0.25, -0.2) is 19.7 Å². The van der Waals surface area contributed by atoms with Crippen molar-refractivity contribution in [1.82, 2.24) is 29.8 Å². The molecule has 0 radical (unpaired) electrons. The predicted molar refractivity (Wildman–Crippen MR) is 190 cm³/mol. The van der Waals surface area contributed by atoms with E-state index < -0.39 is 34.8 Å². The van der Waals surface area contributed by atoms with E-state index in [0.717, 1.165) is 38.4 Å². The van der Waals surface area contributed by atoms with Gasteiger partial charge in [0.2, 0.25) is 5.95 Å². The van der Waals surface area contributed by atoms with Gasteiger partial charge in [-0.05, 0) is 85.9 Å². The monoisotopic (exact) mass is 725 g/mol. The molecule has 5 aromatic rings. The summed E-state index contributed by atoms with van der Waals surface area (Å²) in [5.74, 6) is -1.02. The number of carboxylic acid groups (broad SMARTS) is 1. The maximum absolute atomic E-state index is 14.7. The number of hydrogen-bond donors (Lipinski definition) is 2. The van der Waals surface area contributed by atoms with Crippen LogP contribution in [0.3, 0.4) is 0 Å². The average molecular weight is 726 g/mol. The van der Waals surface area contributed by atoms with E-state index in [9.17, 15) is 27.9 Å². The van der Waals surface area contributed by atoms with Crippen LogP contribution in [0.25, 0.3) is 27.8 Å². The number of anilines is 1. The number of aromatic nitrogens is 5. The average Bonchev–Trinajstić information content (AvgIpc) is 3.66. The van der Waals surface area contributed by atoms with E-state index in [1.54, 1.807) is 55.2 Å². The van der Waals surface area contributed by atoms with Crippen LogP contribution in [-0.2, 0) is 11.0 Å². The minimum atomic E-state index is -5.00. The minimum Gasteiger partial charge on any atom is -0.490 e. The number of nitrogens with zero attached hydrogens (tertiary/aromatic N) is 6. The lowest BCUT2D eigenvalue weighted by molar-refractivity contribution is -0.146. The lowest BCUT2D eigenvalue weighted by atomic mass is 9.78. The van der Waals surface area contributed by atoms with Gasteiger partial charge in [0, 0.05) is 67.7 Å². The number of ether oxygens (including phenoxy) is 1. The lowest BCUT2D eigenvalue weighted by Crippen LogP contribution is -2.57. The van der Waals surface area contributed by atoms with Gasteiger partial charge in [0.05, 0.1) is 28.7 Å². The molecule has 1 saturated heterocycles. The molecule has 2 bridgehead atoms. The van der Waals surface area contributed by atoms with Crippen LogP contribution in [0.4, 0.5) is 19.1 Å². The van der Waals surface area contributed by atoms with Crippen LogP contribution in [0.15, 0.2) is 79.5 Å². The molecule has 274 valence electrons. The molecule has 3 aliphatic rings. The van der Waals surface area contributed by atoms with E-state index in [1.165, 1.54) is 6.07 Å². The van der Waals surface area contributed by atoms with Gasteiger partial charge in [-0.1, -0.05) is 6.92 Å². The Morgan fingerprint density at radius 3 is 2.51 bits per heavy atom. The first-order valence-electron chi connectivity index (χ1n) is 17.9. The first kappa shape index (κ1) is 34.6. The fourth-order valence-corrected chi connectivity index (χ4v) is 8.70. The van der Waals surface area contributed by atoms with Gasteiger partial charge in [0.15, 0.2) is 5.69 Å². The number of carboxylic acids is 1. The van der Waals surface area contributed by atoms with Crippen molar-refractivity contribution in [2.45, 2.75) is 63.3 Å². The number of carbonyl (C=O) groups is 2. The Morgan fingerprint density at radius 1 is 1.00 bits per heavy atom. The number of piperidine rings is 1. The van der Waals surface area contributed by atoms with Gasteiger partial charge in [0.1, 0.15) is 17.4 Å². The van der Waals surface area contributed by atoms with E-state index in [-0.39, 0.29) is 36.0 Å². The second-order valence-corrected chi connectivity index (χ2v) is 14.6. The number of nitrogens with one attached hydrogen (secondary N) is 1. The molecule has 4 atom stereocenters. The van der Waals surface area contributed by atoms with E-state index in [4.69, 9.17) is 4.74 Å². The van der Waals surface area contributed by atoms with Crippen LogP contribution >= 0.6 is 0 Å². The quantitative estimate of drug-likeness (QED) is 0.174. The molecule has 1 aromatic carbocycles. The molecule has 1 amide bonds. The number of aliphatic carboxylic acids is 1. The highest BCUT2D eigenvalue weighted by Crippen LogP contribution is 2.51. The summed E-state index contributed by atoms with van der Waals surface area (Å²) in [6, 6.07) is 13.3. The molecule has 4 unspecified atom stereocenters. The zero-order chi connectivity index (χ0) is 36.9. The summed E-state index contributed by atoms with van der Waals surface area (Å²) >= 11 is 0. The van der Waals surface area contributed by atoms with Crippen LogP contribution in [0.1, 0.15) is 61.5 Å². The van der Waals surface area contributed by atoms with Crippen molar-refractivity contribution in [3.05, 3.63) is 90.8 Å². The number of pyridine rings is 2. The Bertz CT molecular complexity index is 2160. The Hall–Kier alpha value is -5.53. The zero-order valence-corrected chi connectivity index (χ0v) is 29.0. The first-order valence-corrected chi connectivity index (χ1v) is 17.9. The number of amides is 1. The smallest absolute Gasteiger partial charge is 0.434 e. The molecule has 0 spiro atoms. The normalized spacial score (nSPS) is 23.2. The maximum Gasteiger partial charge on any atom is 0.434 e. The number of benzene rings is 1. The van der Waals surface area contributed by atoms with Gasteiger partial charge < -0.3 is 24.6 Å². The summed E-state index contributed by atoms with van der Waals surface area (Å²) in [6.07, 6.45) is 7.09. The molecule has 11 nitrogen and oxygen atoms in total. The van der Waals surface area contributed by atoms with E-state index in [0.29, 0.717) is 46.7 Å². The summed E-state index contributed by atoms with van der Waals surface area (Å²) in [4.78, 5) is 45.4. The van der Waals surface area contributed by atoms with Crippen molar-refractivity contribution in [1.29, 1.82) is 0 Å². The van der Waals surface area contributed by atoms with Crippen molar-refractivity contribution in [3.63, 3.8) is 0 Å². The standard InChI is InChI=1S/C39H38F3N7O4/c1-23-16-24-18-25(17-23)38(20-24,36(51)52)47-35(50)30-7-8-32(46-34(30)39(40,41)42)31-22-49(26-4-2-11-43-21-26)33-19-28(5-6-29(31)33)53-27-9-14-48(15-10-27)37-44-12-3-13-45-37/h2-8,11-13,19,21-25,27H,9-10,14-18,20H2,1H3,(H,47,50)(H,51,52). The summed E-state index contributed by atoms with van der Waals surface area (Å²) < 4.78 is 52.4. The van der Waals surface area contributed by atoms with Crippen molar-refractivity contribution in [3.8, 4) is 22.7 Å². The highest BCUT2D eigenvalue weighted by molar-refractivity contribution is 6.01. The fraction of sp³-hybridized carbons (Fsp3) is 0.385. The Kier molecular flexibility index (Phi) is 8.78. The van der Waals surface area contributed by atoms with Gasteiger partial charge in [-0.15, -0.1) is 0 Å². The summed E-state index contributed by atoms with van der Waals surface area (Å²) in [6.45, 7) is 3.49. The minimum absolute atomic E-state index is 0.00387. The zero-order valence-electron chi connectivity index (χ0n) is 29.0. The molecule has 2 saturated carbocycles. The molecule has 3 fully saturated rings. The largest absolute Gasteiger partial charge is 0.490 e. The van der Waals surface area contributed by atoms with Crippen molar-refractivity contribution in [2.24, 2.45) is 17.8 Å². The number of fused-ring (bicyclic) bond motifs is 3. The van der Waals surface area contributed by atoms with Crippen LogP contribution < -0.4 is 15.0 Å². The molecule has 8 rings (SSSR count). The molecule has 5 heterocycles. The SMILES string of the molecule is CC1CC2CC(C1)C(NC(=O)c1ccc(-c3cn(-c4cccnc4)c4cc(OC5CCN(c6ncccn6)CC5)ccc34)nc1C(F)(F)F)(C(=O)O)C2. The summed E-state index contributed by atoms with van der Waals surface area (Å²) in [7, 11) is 0. The number of hydrogen-bond acceptors (Lipinski definition) is 8. The third-order valence-corrected chi connectivity index (χ3v) is 11.0. The van der Waals surface area contributed by atoms with E-state index >= 15 is 0 Å². The highest BCUT2D eigenvalue weighted by Gasteiger charge is 2.56. The van der Waals surface area contributed by atoms with Crippen LogP contribution in [0, 0.1) is 17.8 Å². The highest BCUT2D eigenvalue weighted by atomic mass is 19.4. The van der Waals surface area contributed by atoms with Gasteiger partial charge in [0.25, 0.3) is 5.91 Å². The van der Waals surface area contributed by atoms with Crippen LogP contribution in [0.5, 0.6) is 5.75 Å². The van der Waals surface area contributed by atoms with Crippen molar-refractivity contribution < 1.29 is 32.6 Å². The molecular weight excluding hydrogens is 687 g/mol. The third kappa shape index (κ3) is 6.55. The van der Waals surface area contributed by atoms with E-state index in [1.807, 2.05) is 23.6 Å². The molecule has 53 heavy (non-hydrogen) atoms. The molecular formula is C39H38F3N7O4. The van der Waals surface area contributed by atoms with Gasteiger partial charge >= 0.3 is 12.1 Å². The molecule has 2 N–H and O–H groups in total. The molecule has 1 aliphatic heterocycles. The maximum atomic E-state index is 14.7. The topological polar surface area (TPSA) is 135 Å². The number of halogens is 3. The first-order chi connectivity index (χ1) is 25.5. The van der Waals surface area contributed by atoms with Crippen LogP contribution in [-0.4, -0.2) is 66.2 Å². The molecule has 14 heteroatoms. The summed E-state index contributed by atoms with van der Waals surface area (Å²) in [5.41, 5.74) is -1.96. The van der Waals surface area contributed by atoms with E-state index in [2.05, 4.69) is 30.2 Å². The summed E-state index contributed by atoms with van der Waals surface area (Å²) in [5, 5.41) is 13.5. The fourth-order valence-electron chi connectivity index (χ4n) is 8.70.